The summed E-state index contributed by atoms with van der Waals surface area (Å²) in [5.41, 5.74) is 0. The lowest BCUT2D eigenvalue weighted by Gasteiger charge is -2.22. The SMILES string of the molecule is CSC(C)(C)CNc1cc(Cl)nc(C2CC2)n1. The van der Waals surface area contributed by atoms with Crippen LogP contribution in [0, 0.1) is 0 Å². The van der Waals surface area contributed by atoms with Crippen LogP contribution in [-0.4, -0.2) is 27.5 Å². The molecule has 17 heavy (non-hydrogen) atoms. The fourth-order valence-corrected chi connectivity index (χ4v) is 1.83. The second-order valence-electron chi connectivity index (χ2n) is 5.03. The summed E-state index contributed by atoms with van der Waals surface area (Å²) >= 11 is 7.84. The van der Waals surface area contributed by atoms with Gasteiger partial charge in [-0.05, 0) is 32.9 Å². The number of nitrogens with one attached hydrogen (secondary N) is 1. The molecule has 0 aliphatic heterocycles. The summed E-state index contributed by atoms with van der Waals surface area (Å²) in [6.45, 7) is 5.27. The lowest BCUT2D eigenvalue weighted by Crippen LogP contribution is -2.26. The van der Waals surface area contributed by atoms with Gasteiger partial charge < -0.3 is 5.32 Å². The Balaban J connectivity index is 2.05. The minimum absolute atomic E-state index is 0.192. The highest BCUT2D eigenvalue weighted by molar-refractivity contribution is 7.99. The lowest BCUT2D eigenvalue weighted by molar-refractivity contribution is 0.748. The van der Waals surface area contributed by atoms with Crippen LogP contribution in [0.1, 0.15) is 38.4 Å². The Kier molecular flexibility index (Phi) is 3.83. The van der Waals surface area contributed by atoms with E-state index in [1.165, 1.54) is 12.8 Å². The molecule has 0 spiro atoms. The number of hydrogen-bond acceptors (Lipinski definition) is 4. The molecule has 5 heteroatoms. The fourth-order valence-electron chi connectivity index (χ4n) is 1.43. The normalized spacial score (nSPS) is 16.0. The van der Waals surface area contributed by atoms with Crippen LogP contribution in [-0.2, 0) is 0 Å². The number of nitrogens with zero attached hydrogens (tertiary/aromatic N) is 2. The molecule has 1 N–H and O–H groups in total. The number of anilines is 1. The average molecular weight is 272 g/mol. The third-order valence-corrected chi connectivity index (χ3v) is 4.35. The molecule has 0 saturated heterocycles. The number of rotatable bonds is 5. The van der Waals surface area contributed by atoms with Gasteiger partial charge in [0.2, 0.25) is 0 Å². The van der Waals surface area contributed by atoms with Crippen LogP contribution in [0.25, 0.3) is 0 Å². The molecule has 1 aliphatic carbocycles. The minimum atomic E-state index is 0.192. The summed E-state index contributed by atoms with van der Waals surface area (Å²) < 4.78 is 0.192. The summed E-state index contributed by atoms with van der Waals surface area (Å²) in [5.74, 6) is 2.26. The van der Waals surface area contributed by atoms with Crippen LogP contribution in [0.4, 0.5) is 5.82 Å². The molecule has 1 fully saturated rings. The van der Waals surface area contributed by atoms with Crippen LogP contribution in [0.3, 0.4) is 0 Å². The number of aromatic nitrogens is 2. The van der Waals surface area contributed by atoms with E-state index in [1.807, 2.05) is 11.8 Å². The van der Waals surface area contributed by atoms with Crippen molar-refractivity contribution >= 4 is 29.2 Å². The van der Waals surface area contributed by atoms with Gasteiger partial charge in [-0.2, -0.15) is 11.8 Å². The van der Waals surface area contributed by atoms with E-state index in [1.54, 1.807) is 6.07 Å². The van der Waals surface area contributed by atoms with E-state index in [9.17, 15) is 0 Å². The van der Waals surface area contributed by atoms with E-state index in [-0.39, 0.29) is 4.75 Å². The third kappa shape index (κ3) is 3.75. The summed E-state index contributed by atoms with van der Waals surface area (Å²) in [6, 6.07) is 1.80. The van der Waals surface area contributed by atoms with Gasteiger partial charge in [0.05, 0.1) is 0 Å². The molecule has 2 rings (SSSR count). The molecule has 0 bridgehead atoms. The molecule has 1 saturated carbocycles. The van der Waals surface area contributed by atoms with Gasteiger partial charge in [0.25, 0.3) is 0 Å². The zero-order valence-electron chi connectivity index (χ0n) is 10.5. The summed E-state index contributed by atoms with van der Waals surface area (Å²) in [5, 5.41) is 3.88. The lowest BCUT2D eigenvalue weighted by atomic mass is 10.2. The summed E-state index contributed by atoms with van der Waals surface area (Å²) in [6.07, 6.45) is 4.50. The highest BCUT2D eigenvalue weighted by Gasteiger charge is 2.27. The average Bonchev–Trinajstić information content (AvgIpc) is 3.10. The highest BCUT2D eigenvalue weighted by Crippen LogP contribution is 2.38. The van der Waals surface area contributed by atoms with Crippen LogP contribution < -0.4 is 5.32 Å². The van der Waals surface area contributed by atoms with E-state index < -0.39 is 0 Å². The monoisotopic (exact) mass is 271 g/mol. The van der Waals surface area contributed by atoms with Crippen LogP contribution in [0.5, 0.6) is 0 Å². The molecule has 0 aromatic carbocycles. The molecule has 0 atom stereocenters. The predicted octanol–water partition coefficient (Wildman–Crippen LogP) is 3.56. The molecular formula is C12H18ClN3S. The van der Waals surface area contributed by atoms with E-state index in [4.69, 9.17) is 11.6 Å². The summed E-state index contributed by atoms with van der Waals surface area (Å²) in [7, 11) is 0. The van der Waals surface area contributed by atoms with Gasteiger partial charge in [-0.3, -0.25) is 0 Å². The first kappa shape index (κ1) is 13.0. The van der Waals surface area contributed by atoms with Crippen molar-refractivity contribution in [1.29, 1.82) is 0 Å². The van der Waals surface area contributed by atoms with Crippen molar-refractivity contribution in [2.75, 3.05) is 18.1 Å². The topological polar surface area (TPSA) is 37.8 Å². The van der Waals surface area contributed by atoms with E-state index in [0.29, 0.717) is 11.1 Å². The van der Waals surface area contributed by atoms with Crippen molar-refractivity contribution in [2.24, 2.45) is 0 Å². The smallest absolute Gasteiger partial charge is 0.135 e. The predicted molar refractivity (Wildman–Crippen MR) is 75.1 cm³/mol. The first-order valence-electron chi connectivity index (χ1n) is 5.84. The van der Waals surface area contributed by atoms with Crippen LogP contribution in [0.15, 0.2) is 6.07 Å². The molecule has 0 amide bonds. The molecular weight excluding hydrogens is 254 g/mol. The van der Waals surface area contributed by atoms with Crippen molar-refractivity contribution in [2.45, 2.75) is 37.4 Å². The Morgan fingerprint density at radius 1 is 1.47 bits per heavy atom. The number of hydrogen-bond donors (Lipinski definition) is 1. The Labute approximate surface area is 112 Å². The molecule has 3 nitrogen and oxygen atoms in total. The molecule has 1 heterocycles. The second kappa shape index (κ2) is 5.02. The maximum atomic E-state index is 6.01. The third-order valence-electron chi connectivity index (χ3n) is 2.90. The minimum Gasteiger partial charge on any atom is -0.369 e. The maximum Gasteiger partial charge on any atom is 0.135 e. The van der Waals surface area contributed by atoms with Crippen LogP contribution >= 0.6 is 23.4 Å². The van der Waals surface area contributed by atoms with Crippen molar-refractivity contribution in [3.05, 3.63) is 17.0 Å². The van der Waals surface area contributed by atoms with Crippen molar-refractivity contribution < 1.29 is 0 Å². The molecule has 1 aliphatic rings. The van der Waals surface area contributed by atoms with E-state index in [0.717, 1.165) is 18.2 Å². The van der Waals surface area contributed by atoms with Crippen molar-refractivity contribution in [3.63, 3.8) is 0 Å². The molecule has 0 unspecified atom stereocenters. The fraction of sp³-hybridized carbons (Fsp3) is 0.667. The number of thioether (sulfide) groups is 1. The van der Waals surface area contributed by atoms with E-state index in [2.05, 4.69) is 35.4 Å². The zero-order chi connectivity index (χ0) is 12.5. The van der Waals surface area contributed by atoms with E-state index >= 15 is 0 Å². The molecule has 1 aromatic rings. The first-order valence-corrected chi connectivity index (χ1v) is 7.44. The Hall–Kier alpha value is -0.480. The van der Waals surface area contributed by atoms with Gasteiger partial charge >= 0.3 is 0 Å². The quantitative estimate of drug-likeness (QED) is 0.831. The largest absolute Gasteiger partial charge is 0.369 e. The van der Waals surface area contributed by atoms with Gasteiger partial charge in [0.1, 0.15) is 16.8 Å². The van der Waals surface area contributed by atoms with Crippen LogP contribution in [0.2, 0.25) is 5.15 Å². The van der Waals surface area contributed by atoms with Gasteiger partial charge in [-0.15, -0.1) is 0 Å². The molecule has 1 aromatic heterocycles. The van der Waals surface area contributed by atoms with Gasteiger partial charge in [0.15, 0.2) is 0 Å². The zero-order valence-corrected chi connectivity index (χ0v) is 12.0. The van der Waals surface area contributed by atoms with Crippen molar-refractivity contribution in [3.8, 4) is 0 Å². The standard InChI is InChI=1S/C12H18ClN3S/c1-12(2,17-3)7-14-10-6-9(13)15-11(16-10)8-4-5-8/h6,8H,4-5,7H2,1-3H3,(H,14,15,16). The van der Waals surface area contributed by atoms with Gasteiger partial charge in [-0.1, -0.05) is 11.6 Å². The Morgan fingerprint density at radius 3 is 2.76 bits per heavy atom. The van der Waals surface area contributed by atoms with Gasteiger partial charge in [-0.25, -0.2) is 9.97 Å². The Morgan fingerprint density at radius 2 is 2.18 bits per heavy atom. The summed E-state index contributed by atoms with van der Waals surface area (Å²) in [4.78, 5) is 8.79. The second-order valence-corrected chi connectivity index (χ2v) is 6.93. The molecule has 94 valence electrons. The highest BCUT2D eigenvalue weighted by atomic mass is 35.5. The number of halogens is 1. The van der Waals surface area contributed by atoms with Crippen molar-refractivity contribution in [1.82, 2.24) is 9.97 Å². The Bertz CT molecular complexity index is 405. The molecule has 0 radical (unpaired) electrons. The maximum absolute atomic E-state index is 6.01. The first-order chi connectivity index (χ1) is 8.00. The van der Waals surface area contributed by atoms with Gasteiger partial charge in [0, 0.05) is 23.3 Å².